The van der Waals surface area contributed by atoms with Gasteiger partial charge in [0, 0.05) is 20.0 Å². The van der Waals surface area contributed by atoms with Gasteiger partial charge in [0.05, 0.1) is 32.5 Å². The zero-order chi connectivity index (χ0) is 30.6. The van der Waals surface area contributed by atoms with Gasteiger partial charge in [-0.15, -0.1) is 0 Å². The highest BCUT2D eigenvalue weighted by molar-refractivity contribution is 5.66. The monoisotopic (exact) mass is 595 g/mol. The van der Waals surface area contributed by atoms with Gasteiger partial charge in [-0.2, -0.15) is 0 Å². The van der Waals surface area contributed by atoms with Gasteiger partial charge in [-0.05, 0) is 22.3 Å². The standard InChI is InChI=1S/C37H41NO6/c1-28(39)44-34-23-38(22-29-14-6-2-7-15-29)35(34)37(43-26-32-20-12-5-13-21-32)36(42-25-31-18-10-4-11-19-31)33(40)27-41-24-30-16-8-3-9-17-30/h2-21,33-37,40H,22-27H2,1H3/t33-,34-,35+,36-,37-/m1/s1. The fraction of sp³-hybridized carbons (Fsp3) is 0.324. The molecule has 0 saturated carbocycles. The predicted molar refractivity (Wildman–Crippen MR) is 168 cm³/mol. The number of rotatable bonds is 16. The molecule has 7 nitrogen and oxygen atoms in total. The molecule has 230 valence electrons. The minimum Gasteiger partial charge on any atom is -0.459 e. The van der Waals surface area contributed by atoms with Gasteiger partial charge in [-0.3, -0.25) is 9.69 Å². The number of aliphatic hydroxyl groups excluding tert-OH is 1. The Hall–Kier alpha value is -3.85. The van der Waals surface area contributed by atoms with E-state index in [1.807, 2.05) is 109 Å². The molecule has 0 bridgehead atoms. The van der Waals surface area contributed by atoms with Gasteiger partial charge in [-0.1, -0.05) is 121 Å². The number of ether oxygens (including phenoxy) is 4. The Balaban J connectivity index is 1.42. The minimum absolute atomic E-state index is 0.0448. The second kappa shape index (κ2) is 16.3. The maximum absolute atomic E-state index is 12.2. The van der Waals surface area contributed by atoms with Crippen molar-refractivity contribution in [3.05, 3.63) is 144 Å². The summed E-state index contributed by atoms with van der Waals surface area (Å²) in [7, 11) is 0. The van der Waals surface area contributed by atoms with Crippen molar-refractivity contribution in [2.45, 2.75) is 63.7 Å². The van der Waals surface area contributed by atoms with Crippen molar-refractivity contribution < 1.29 is 28.8 Å². The average Bonchev–Trinajstić information content (AvgIpc) is 3.04. The summed E-state index contributed by atoms with van der Waals surface area (Å²) in [4.78, 5) is 14.4. The largest absolute Gasteiger partial charge is 0.459 e. The smallest absolute Gasteiger partial charge is 0.303 e. The maximum atomic E-state index is 12.2. The Labute approximate surface area is 260 Å². The molecule has 1 fully saturated rings. The van der Waals surface area contributed by atoms with E-state index < -0.39 is 24.4 Å². The number of aliphatic hydroxyl groups is 1. The predicted octanol–water partition coefficient (Wildman–Crippen LogP) is 5.55. The van der Waals surface area contributed by atoms with Crippen molar-refractivity contribution in [2.75, 3.05) is 13.2 Å². The fourth-order valence-electron chi connectivity index (χ4n) is 5.60. The number of esters is 1. The van der Waals surface area contributed by atoms with Crippen LogP contribution in [-0.4, -0.2) is 59.6 Å². The van der Waals surface area contributed by atoms with Crippen LogP contribution in [0.15, 0.2) is 121 Å². The molecule has 5 rings (SSSR count). The highest BCUT2D eigenvalue weighted by atomic mass is 16.6. The summed E-state index contributed by atoms with van der Waals surface area (Å²) in [6.07, 6.45) is -2.86. The van der Waals surface area contributed by atoms with Gasteiger partial charge in [0.25, 0.3) is 0 Å². The fourth-order valence-corrected chi connectivity index (χ4v) is 5.60. The Morgan fingerprint density at radius 2 is 1.20 bits per heavy atom. The topological polar surface area (TPSA) is 77.5 Å². The maximum Gasteiger partial charge on any atom is 0.303 e. The Morgan fingerprint density at radius 1 is 0.727 bits per heavy atom. The first kappa shape index (κ1) is 31.6. The summed E-state index contributed by atoms with van der Waals surface area (Å²) in [5.41, 5.74) is 4.12. The van der Waals surface area contributed by atoms with E-state index in [4.69, 9.17) is 18.9 Å². The van der Waals surface area contributed by atoms with Crippen molar-refractivity contribution in [1.82, 2.24) is 4.90 Å². The van der Waals surface area contributed by atoms with Gasteiger partial charge in [-0.25, -0.2) is 0 Å². The van der Waals surface area contributed by atoms with Crippen molar-refractivity contribution in [1.29, 1.82) is 0 Å². The number of likely N-dealkylation sites (tertiary alicyclic amines) is 1. The van der Waals surface area contributed by atoms with Crippen molar-refractivity contribution >= 4 is 5.97 Å². The van der Waals surface area contributed by atoms with Gasteiger partial charge in [0.15, 0.2) is 0 Å². The zero-order valence-corrected chi connectivity index (χ0v) is 25.1. The molecule has 0 amide bonds. The average molecular weight is 596 g/mol. The van der Waals surface area contributed by atoms with Crippen LogP contribution in [-0.2, 0) is 50.1 Å². The van der Waals surface area contributed by atoms with E-state index in [9.17, 15) is 9.90 Å². The van der Waals surface area contributed by atoms with Crippen molar-refractivity contribution in [3.63, 3.8) is 0 Å². The SMILES string of the molecule is CC(=O)O[C@@H]1CN(Cc2ccccc2)[C@@H]1[C@@H](OCc1ccccc1)[C@H](OCc1ccccc1)[C@H](O)COCc1ccccc1. The Morgan fingerprint density at radius 3 is 1.73 bits per heavy atom. The van der Waals surface area contributed by atoms with Crippen molar-refractivity contribution in [3.8, 4) is 0 Å². The summed E-state index contributed by atoms with van der Waals surface area (Å²) in [6, 6.07) is 39.4. The number of carbonyl (C=O) groups is 1. The van der Waals surface area contributed by atoms with Crippen LogP contribution >= 0.6 is 0 Å². The third-order valence-electron chi connectivity index (χ3n) is 7.77. The summed E-state index contributed by atoms with van der Waals surface area (Å²) >= 11 is 0. The van der Waals surface area contributed by atoms with Crippen LogP contribution in [0.2, 0.25) is 0 Å². The molecule has 1 heterocycles. The molecule has 5 atom stereocenters. The third kappa shape index (κ3) is 9.08. The highest BCUT2D eigenvalue weighted by Crippen LogP contribution is 2.32. The molecule has 4 aromatic carbocycles. The van der Waals surface area contributed by atoms with Crippen LogP contribution in [0.3, 0.4) is 0 Å². The van der Waals surface area contributed by atoms with Crippen LogP contribution in [0.4, 0.5) is 0 Å². The summed E-state index contributed by atoms with van der Waals surface area (Å²) in [6.45, 7) is 3.59. The number of hydrogen-bond acceptors (Lipinski definition) is 7. The normalized spacial score (nSPS) is 18.6. The first-order valence-corrected chi connectivity index (χ1v) is 15.1. The molecule has 0 aliphatic carbocycles. The van der Waals surface area contributed by atoms with Crippen LogP contribution in [0.25, 0.3) is 0 Å². The highest BCUT2D eigenvalue weighted by Gasteiger charge is 2.51. The molecule has 1 aliphatic heterocycles. The van der Waals surface area contributed by atoms with E-state index in [1.165, 1.54) is 6.92 Å². The molecular weight excluding hydrogens is 554 g/mol. The molecule has 1 saturated heterocycles. The van der Waals surface area contributed by atoms with E-state index in [2.05, 4.69) is 17.0 Å². The molecule has 0 unspecified atom stereocenters. The second-order valence-electron chi connectivity index (χ2n) is 11.1. The second-order valence-corrected chi connectivity index (χ2v) is 11.1. The van der Waals surface area contributed by atoms with Crippen LogP contribution in [0.1, 0.15) is 29.2 Å². The molecule has 44 heavy (non-hydrogen) atoms. The number of hydrogen-bond donors (Lipinski definition) is 1. The quantitative estimate of drug-likeness (QED) is 0.170. The molecule has 7 heteroatoms. The van der Waals surface area contributed by atoms with E-state index >= 15 is 0 Å². The molecule has 4 aromatic rings. The lowest BCUT2D eigenvalue weighted by Crippen LogP contribution is -2.69. The summed E-state index contributed by atoms with van der Waals surface area (Å²) < 4.78 is 25.0. The number of benzene rings is 4. The third-order valence-corrected chi connectivity index (χ3v) is 7.77. The van der Waals surface area contributed by atoms with Crippen LogP contribution in [0, 0.1) is 0 Å². The van der Waals surface area contributed by atoms with E-state index in [0.717, 1.165) is 22.3 Å². The van der Waals surface area contributed by atoms with Gasteiger partial charge >= 0.3 is 5.97 Å². The van der Waals surface area contributed by atoms with Crippen molar-refractivity contribution in [2.24, 2.45) is 0 Å². The molecule has 0 aromatic heterocycles. The molecule has 1 aliphatic rings. The van der Waals surface area contributed by atoms with E-state index in [1.54, 1.807) is 0 Å². The number of carbonyl (C=O) groups excluding carboxylic acids is 1. The van der Waals surface area contributed by atoms with Crippen LogP contribution in [0.5, 0.6) is 0 Å². The lowest BCUT2D eigenvalue weighted by atomic mass is 9.87. The first-order chi connectivity index (χ1) is 21.6. The summed E-state index contributed by atoms with van der Waals surface area (Å²) in [5.74, 6) is -0.352. The van der Waals surface area contributed by atoms with Crippen LogP contribution < -0.4 is 0 Å². The van der Waals surface area contributed by atoms with E-state index in [0.29, 0.717) is 26.3 Å². The lowest BCUT2D eigenvalue weighted by molar-refractivity contribution is -0.216. The first-order valence-electron chi connectivity index (χ1n) is 15.1. The van der Waals surface area contributed by atoms with E-state index in [-0.39, 0.29) is 25.2 Å². The Kier molecular flexibility index (Phi) is 11.7. The molecule has 1 N–H and O–H groups in total. The zero-order valence-electron chi connectivity index (χ0n) is 25.1. The van der Waals surface area contributed by atoms with Gasteiger partial charge in [0.1, 0.15) is 24.4 Å². The molecule has 0 spiro atoms. The minimum atomic E-state index is -1.01. The molecular formula is C37H41NO6. The lowest BCUT2D eigenvalue weighted by Gasteiger charge is -2.52. The summed E-state index contributed by atoms with van der Waals surface area (Å²) in [5, 5.41) is 11.7. The van der Waals surface area contributed by atoms with Gasteiger partial charge in [0.2, 0.25) is 0 Å². The Bertz CT molecular complexity index is 1390. The number of nitrogens with zero attached hydrogens (tertiary/aromatic N) is 1. The van der Waals surface area contributed by atoms with Gasteiger partial charge < -0.3 is 24.1 Å². The molecule has 0 radical (unpaired) electrons.